The summed E-state index contributed by atoms with van der Waals surface area (Å²) in [5, 5.41) is 8.39. The SMILES string of the molecule is COc1cccc(NC(=O)Nc2cc(C)c(NC(=O)c3ccccc3)cc2OC)c1. The largest absolute Gasteiger partial charge is 0.497 e. The lowest BCUT2D eigenvalue weighted by Gasteiger charge is -2.16. The molecule has 3 aromatic carbocycles. The first-order valence-corrected chi connectivity index (χ1v) is 9.27. The number of amides is 3. The van der Waals surface area contributed by atoms with Crippen LogP contribution in [-0.4, -0.2) is 26.2 Å². The van der Waals surface area contributed by atoms with Crippen LogP contribution in [0.1, 0.15) is 15.9 Å². The minimum absolute atomic E-state index is 0.225. The van der Waals surface area contributed by atoms with E-state index in [2.05, 4.69) is 16.0 Å². The molecule has 3 N–H and O–H groups in total. The Morgan fingerprint density at radius 3 is 2.23 bits per heavy atom. The summed E-state index contributed by atoms with van der Waals surface area (Å²) in [5.74, 6) is 0.835. The minimum Gasteiger partial charge on any atom is -0.497 e. The molecule has 3 amide bonds. The number of hydrogen-bond donors (Lipinski definition) is 3. The number of nitrogens with one attached hydrogen (secondary N) is 3. The lowest BCUT2D eigenvalue weighted by atomic mass is 10.1. The number of benzene rings is 3. The van der Waals surface area contributed by atoms with Crippen LogP contribution in [-0.2, 0) is 0 Å². The van der Waals surface area contributed by atoms with Gasteiger partial charge in [-0.25, -0.2) is 4.79 Å². The zero-order chi connectivity index (χ0) is 21.5. The van der Waals surface area contributed by atoms with Crippen LogP contribution in [0.15, 0.2) is 66.7 Å². The molecule has 0 fully saturated rings. The molecule has 154 valence electrons. The molecule has 30 heavy (non-hydrogen) atoms. The summed E-state index contributed by atoms with van der Waals surface area (Å²) >= 11 is 0. The van der Waals surface area contributed by atoms with Crippen molar-refractivity contribution in [3.8, 4) is 11.5 Å². The zero-order valence-electron chi connectivity index (χ0n) is 17.0. The molecule has 3 rings (SSSR count). The number of ether oxygens (including phenoxy) is 2. The van der Waals surface area contributed by atoms with Crippen molar-refractivity contribution < 1.29 is 19.1 Å². The van der Waals surface area contributed by atoms with Gasteiger partial charge in [-0.2, -0.15) is 0 Å². The molecule has 0 aliphatic rings. The maximum Gasteiger partial charge on any atom is 0.323 e. The Bertz CT molecular complexity index is 1050. The maximum absolute atomic E-state index is 12.4. The number of anilines is 3. The van der Waals surface area contributed by atoms with Crippen LogP contribution in [0.2, 0.25) is 0 Å². The zero-order valence-corrected chi connectivity index (χ0v) is 17.0. The molecule has 0 aliphatic heterocycles. The van der Waals surface area contributed by atoms with E-state index in [9.17, 15) is 9.59 Å². The van der Waals surface area contributed by atoms with Gasteiger partial charge in [0, 0.05) is 29.1 Å². The third-order valence-electron chi connectivity index (χ3n) is 4.41. The smallest absolute Gasteiger partial charge is 0.323 e. The van der Waals surface area contributed by atoms with Crippen molar-refractivity contribution in [3.05, 3.63) is 77.9 Å². The van der Waals surface area contributed by atoms with Crippen molar-refractivity contribution in [1.82, 2.24) is 0 Å². The highest BCUT2D eigenvalue weighted by Crippen LogP contribution is 2.31. The van der Waals surface area contributed by atoms with Crippen LogP contribution in [0.25, 0.3) is 0 Å². The average molecular weight is 405 g/mol. The molecule has 0 unspecified atom stereocenters. The number of hydrogen-bond acceptors (Lipinski definition) is 4. The second kappa shape index (κ2) is 9.47. The monoisotopic (exact) mass is 405 g/mol. The minimum atomic E-state index is -0.429. The van der Waals surface area contributed by atoms with Crippen molar-refractivity contribution in [2.24, 2.45) is 0 Å². The summed E-state index contributed by atoms with van der Waals surface area (Å²) in [6.07, 6.45) is 0. The average Bonchev–Trinajstić information content (AvgIpc) is 2.76. The van der Waals surface area contributed by atoms with Gasteiger partial charge >= 0.3 is 6.03 Å². The molecule has 7 nitrogen and oxygen atoms in total. The lowest BCUT2D eigenvalue weighted by Crippen LogP contribution is -2.20. The van der Waals surface area contributed by atoms with Gasteiger partial charge < -0.3 is 25.4 Å². The number of carbonyl (C=O) groups is 2. The Balaban J connectivity index is 1.74. The van der Waals surface area contributed by atoms with Gasteiger partial charge in [0.1, 0.15) is 11.5 Å². The van der Waals surface area contributed by atoms with Gasteiger partial charge in [-0.3, -0.25) is 4.79 Å². The van der Waals surface area contributed by atoms with E-state index in [4.69, 9.17) is 9.47 Å². The fraction of sp³-hybridized carbons (Fsp3) is 0.130. The van der Waals surface area contributed by atoms with E-state index in [1.807, 2.05) is 13.0 Å². The molecular weight excluding hydrogens is 382 g/mol. The van der Waals surface area contributed by atoms with Crippen molar-refractivity contribution in [2.75, 3.05) is 30.2 Å². The van der Waals surface area contributed by atoms with Crippen LogP contribution in [0.5, 0.6) is 11.5 Å². The molecular formula is C23H23N3O4. The highest BCUT2D eigenvalue weighted by atomic mass is 16.5. The normalized spacial score (nSPS) is 10.1. The van der Waals surface area contributed by atoms with E-state index in [0.29, 0.717) is 34.1 Å². The highest BCUT2D eigenvalue weighted by molar-refractivity contribution is 6.05. The molecule has 0 radical (unpaired) electrons. The summed E-state index contributed by atoms with van der Waals surface area (Å²) in [6.45, 7) is 1.84. The number of aryl methyl sites for hydroxylation is 1. The van der Waals surface area contributed by atoms with Gasteiger partial charge in [0.05, 0.1) is 19.9 Å². The Morgan fingerprint density at radius 2 is 1.53 bits per heavy atom. The molecule has 0 saturated carbocycles. The van der Waals surface area contributed by atoms with Crippen LogP contribution in [0.3, 0.4) is 0 Å². The molecule has 0 bridgehead atoms. The standard InChI is InChI=1S/C23H23N3O4/c1-15-12-20(26-23(28)24-17-10-7-11-18(13-17)29-2)21(30-3)14-19(15)25-22(27)16-8-5-4-6-9-16/h4-14H,1-3H3,(H,25,27)(H2,24,26,28). The molecule has 0 spiro atoms. The Hall–Kier alpha value is -4.00. The lowest BCUT2D eigenvalue weighted by molar-refractivity contribution is 0.102. The fourth-order valence-electron chi connectivity index (χ4n) is 2.86. The van der Waals surface area contributed by atoms with Crippen LogP contribution in [0.4, 0.5) is 21.9 Å². The topological polar surface area (TPSA) is 88.7 Å². The second-order valence-corrected chi connectivity index (χ2v) is 6.50. The molecule has 0 atom stereocenters. The predicted octanol–water partition coefficient (Wildman–Crippen LogP) is 4.91. The Morgan fingerprint density at radius 1 is 0.767 bits per heavy atom. The quantitative estimate of drug-likeness (QED) is 0.544. The molecule has 0 aromatic heterocycles. The fourth-order valence-corrected chi connectivity index (χ4v) is 2.86. The Labute approximate surface area is 175 Å². The van der Waals surface area contributed by atoms with Gasteiger partial charge in [-0.15, -0.1) is 0 Å². The van der Waals surface area contributed by atoms with Gasteiger partial charge in [-0.1, -0.05) is 24.3 Å². The van der Waals surface area contributed by atoms with Crippen molar-refractivity contribution in [1.29, 1.82) is 0 Å². The number of urea groups is 1. The predicted molar refractivity (Wildman–Crippen MR) is 118 cm³/mol. The summed E-state index contributed by atoms with van der Waals surface area (Å²) in [6, 6.07) is 19.0. The van der Waals surface area contributed by atoms with Crippen LogP contribution in [0, 0.1) is 6.92 Å². The Kier molecular flexibility index (Phi) is 6.54. The maximum atomic E-state index is 12.4. The summed E-state index contributed by atoms with van der Waals surface area (Å²) in [4.78, 5) is 24.9. The van der Waals surface area contributed by atoms with E-state index in [1.165, 1.54) is 7.11 Å². The van der Waals surface area contributed by atoms with Crippen molar-refractivity contribution >= 4 is 29.0 Å². The first-order valence-electron chi connectivity index (χ1n) is 9.27. The van der Waals surface area contributed by atoms with E-state index >= 15 is 0 Å². The van der Waals surface area contributed by atoms with E-state index < -0.39 is 6.03 Å². The van der Waals surface area contributed by atoms with Gasteiger partial charge in [-0.05, 0) is 42.8 Å². The third-order valence-corrected chi connectivity index (χ3v) is 4.41. The second-order valence-electron chi connectivity index (χ2n) is 6.50. The molecule has 0 heterocycles. The van der Waals surface area contributed by atoms with E-state index in [-0.39, 0.29) is 5.91 Å². The van der Waals surface area contributed by atoms with Crippen molar-refractivity contribution in [2.45, 2.75) is 6.92 Å². The highest BCUT2D eigenvalue weighted by Gasteiger charge is 2.14. The number of carbonyl (C=O) groups excluding carboxylic acids is 2. The molecule has 0 aliphatic carbocycles. The van der Waals surface area contributed by atoms with Gasteiger partial charge in [0.2, 0.25) is 0 Å². The van der Waals surface area contributed by atoms with Crippen molar-refractivity contribution in [3.63, 3.8) is 0 Å². The molecule has 7 heteroatoms. The summed E-state index contributed by atoms with van der Waals surface area (Å²) in [5.41, 5.74) is 2.99. The number of methoxy groups -OCH3 is 2. The summed E-state index contributed by atoms with van der Waals surface area (Å²) in [7, 11) is 3.06. The van der Waals surface area contributed by atoms with Gasteiger partial charge in [0.25, 0.3) is 5.91 Å². The van der Waals surface area contributed by atoms with Gasteiger partial charge in [0.15, 0.2) is 0 Å². The molecule has 0 saturated heterocycles. The van der Waals surface area contributed by atoms with Crippen LogP contribution < -0.4 is 25.4 Å². The summed E-state index contributed by atoms with van der Waals surface area (Å²) < 4.78 is 10.6. The molecule has 3 aromatic rings. The number of rotatable bonds is 6. The first kappa shape index (κ1) is 20.7. The van der Waals surface area contributed by atoms with Crippen LogP contribution >= 0.6 is 0 Å². The van der Waals surface area contributed by atoms with E-state index in [1.54, 1.807) is 67.8 Å². The third kappa shape index (κ3) is 5.08. The first-order chi connectivity index (χ1) is 14.5. The van der Waals surface area contributed by atoms with E-state index in [0.717, 1.165) is 5.56 Å².